The van der Waals surface area contributed by atoms with Gasteiger partial charge in [-0.1, -0.05) is 13.8 Å². The molecule has 1 aromatic heterocycles. The predicted molar refractivity (Wildman–Crippen MR) is 68.4 cm³/mol. The zero-order valence-corrected chi connectivity index (χ0v) is 11.0. The standard InChI is InChI=1S/C13H25N3/c1-11(2)5-6-12(3)14-8-7-13-15-9-10-16(13)4/h9-12,14H,5-8H2,1-4H3. The zero-order valence-electron chi connectivity index (χ0n) is 11.0. The van der Waals surface area contributed by atoms with Crippen LogP contribution in [-0.2, 0) is 13.5 Å². The van der Waals surface area contributed by atoms with Crippen molar-refractivity contribution >= 4 is 0 Å². The van der Waals surface area contributed by atoms with Crippen molar-refractivity contribution in [3.63, 3.8) is 0 Å². The Morgan fingerprint density at radius 1 is 1.31 bits per heavy atom. The predicted octanol–water partition coefficient (Wildman–Crippen LogP) is 2.38. The molecule has 0 bridgehead atoms. The highest BCUT2D eigenvalue weighted by atomic mass is 15.0. The maximum absolute atomic E-state index is 4.31. The van der Waals surface area contributed by atoms with Gasteiger partial charge in [0.15, 0.2) is 0 Å². The quantitative estimate of drug-likeness (QED) is 0.769. The second-order valence-electron chi connectivity index (χ2n) is 5.03. The van der Waals surface area contributed by atoms with E-state index >= 15 is 0 Å². The molecule has 0 radical (unpaired) electrons. The Morgan fingerprint density at radius 2 is 2.06 bits per heavy atom. The fraction of sp³-hybridized carbons (Fsp3) is 0.769. The van der Waals surface area contributed by atoms with Crippen LogP contribution in [0.5, 0.6) is 0 Å². The minimum atomic E-state index is 0.614. The Kier molecular flexibility index (Phi) is 5.53. The van der Waals surface area contributed by atoms with Crippen LogP contribution >= 0.6 is 0 Å². The van der Waals surface area contributed by atoms with E-state index in [0.717, 1.165) is 24.7 Å². The van der Waals surface area contributed by atoms with E-state index in [1.165, 1.54) is 12.8 Å². The number of imidazole rings is 1. The third kappa shape index (κ3) is 4.79. The lowest BCUT2D eigenvalue weighted by atomic mass is 10.0. The summed E-state index contributed by atoms with van der Waals surface area (Å²) in [5.41, 5.74) is 0. The Labute approximate surface area is 99.3 Å². The van der Waals surface area contributed by atoms with Gasteiger partial charge in [0.25, 0.3) is 0 Å². The van der Waals surface area contributed by atoms with Crippen molar-refractivity contribution in [2.75, 3.05) is 6.54 Å². The summed E-state index contributed by atoms with van der Waals surface area (Å²) in [7, 11) is 2.05. The second-order valence-corrected chi connectivity index (χ2v) is 5.03. The van der Waals surface area contributed by atoms with Crippen LogP contribution < -0.4 is 5.32 Å². The largest absolute Gasteiger partial charge is 0.338 e. The summed E-state index contributed by atoms with van der Waals surface area (Å²) >= 11 is 0. The van der Waals surface area contributed by atoms with Crippen LogP contribution in [0.4, 0.5) is 0 Å². The van der Waals surface area contributed by atoms with E-state index < -0.39 is 0 Å². The van der Waals surface area contributed by atoms with Gasteiger partial charge in [0.1, 0.15) is 5.82 Å². The minimum Gasteiger partial charge on any atom is -0.338 e. The van der Waals surface area contributed by atoms with E-state index in [2.05, 4.69) is 35.6 Å². The van der Waals surface area contributed by atoms with Crippen molar-refractivity contribution in [1.29, 1.82) is 0 Å². The molecule has 3 heteroatoms. The number of aromatic nitrogens is 2. The molecule has 1 atom stereocenters. The van der Waals surface area contributed by atoms with Gasteiger partial charge in [-0.05, 0) is 25.7 Å². The molecule has 3 nitrogen and oxygen atoms in total. The van der Waals surface area contributed by atoms with E-state index in [0.29, 0.717) is 6.04 Å². The van der Waals surface area contributed by atoms with Crippen LogP contribution in [0.25, 0.3) is 0 Å². The molecule has 0 aliphatic heterocycles. The molecular formula is C13H25N3. The summed E-state index contributed by atoms with van der Waals surface area (Å²) in [6, 6.07) is 0.614. The van der Waals surface area contributed by atoms with Gasteiger partial charge in [0, 0.05) is 38.4 Å². The topological polar surface area (TPSA) is 29.9 Å². The average molecular weight is 223 g/mol. The Morgan fingerprint density at radius 3 is 2.62 bits per heavy atom. The first-order chi connectivity index (χ1) is 7.59. The monoisotopic (exact) mass is 223 g/mol. The lowest BCUT2D eigenvalue weighted by Gasteiger charge is -2.14. The van der Waals surface area contributed by atoms with Gasteiger partial charge >= 0.3 is 0 Å². The van der Waals surface area contributed by atoms with Crippen LogP contribution in [0.2, 0.25) is 0 Å². The van der Waals surface area contributed by atoms with E-state index in [1.807, 2.05) is 19.4 Å². The van der Waals surface area contributed by atoms with Crippen LogP contribution in [0.3, 0.4) is 0 Å². The molecule has 1 rings (SSSR count). The Hall–Kier alpha value is -0.830. The van der Waals surface area contributed by atoms with Crippen LogP contribution in [-0.4, -0.2) is 22.1 Å². The molecule has 0 saturated carbocycles. The summed E-state index contributed by atoms with van der Waals surface area (Å²) in [4.78, 5) is 4.31. The Balaban J connectivity index is 2.13. The molecule has 92 valence electrons. The van der Waals surface area contributed by atoms with Crippen molar-refractivity contribution in [1.82, 2.24) is 14.9 Å². The SMILES string of the molecule is CC(C)CCC(C)NCCc1nccn1C. The third-order valence-corrected chi connectivity index (χ3v) is 2.94. The maximum Gasteiger partial charge on any atom is 0.109 e. The fourth-order valence-corrected chi connectivity index (χ4v) is 1.75. The highest BCUT2D eigenvalue weighted by molar-refractivity contribution is 4.91. The number of aryl methyl sites for hydroxylation is 1. The first-order valence-corrected chi connectivity index (χ1v) is 6.29. The van der Waals surface area contributed by atoms with Crippen LogP contribution in [0.1, 0.15) is 39.4 Å². The molecule has 0 amide bonds. The number of rotatable bonds is 7. The van der Waals surface area contributed by atoms with Gasteiger partial charge in [0.2, 0.25) is 0 Å². The molecule has 16 heavy (non-hydrogen) atoms. The van der Waals surface area contributed by atoms with E-state index in [1.54, 1.807) is 0 Å². The molecule has 1 heterocycles. The van der Waals surface area contributed by atoms with E-state index in [-0.39, 0.29) is 0 Å². The third-order valence-electron chi connectivity index (χ3n) is 2.94. The van der Waals surface area contributed by atoms with Crippen LogP contribution in [0, 0.1) is 5.92 Å². The molecule has 1 N–H and O–H groups in total. The highest BCUT2D eigenvalue weighted by Gasteiger charge is 2.04. The molecule has 0 aliphatic carbocycles. The fourth-order valence-electron chi connectivity index (χ4n) is 1.75. The molecule has 1 aromatic rings. The van der Waals surface area contributed by atoms with Crippen LogP contribution in [0.15, 0.2) is 12.4 Å². The van der Waals surface area contributed by atoms with Gasteiger partial charge < -0.3 is 9.88 Å². The minimum absolute atomic E-state index is 0.614. The molecule has 0 fully saturated rings. The Bertz CT molecular complexity index is 291. The van der Waals surface area contributed by atoms with Gasteiger partial charge in [-0.3, -0.25) is 0 Å². The first kappa shape index (κ1) is 13.2. The number of nitrogens with one attached hydrogen (secondary N) is 1. The second kappa shape index (κ2) is 6.69. The zero-order chi connectivity index (χ0) is 12.0. The van der Waals surface area contributed by atoms with Crippen molar-refractivity contribution in [2.24, 2.45) is 13.0 Å². The van der Waals surface area contributed by atoms with E-state index in [4.69, 9.17) is 0 Å². The molecule has 0 saturated heterocycles. The molecule has 0 spiro atoms. The first-order valence-electron chi connectivity index (χ1n) is 6.29. The van der Waals surface area contributed by atoms with Gasteiger partial charge in [0.05, 0.1) is 0 Å². The normalized spacial score (nSPS) is 13.3. The van der Waals surface area contributed by atoms with Crippen molar-refractivity contribution in [2.45, 2.75) is 46.1 Å². The smallest absolute Gasteiger partial charge is 0.109 e. The maximum atomic E-state index is 4.31. The summed E-state index contributed by atoms with van der Waals surface area (Å²) in [5, 5.41) is 3.55. The molecule has 0 aliphatic rings. The molecule has 0 aromatic carbocycles. The lowest BCUT2D eigenvalue weighted by Crippen LogP contribution is -2.28. The van der Waals surface area contributed by atoms with Crippen molar-refractivity contribution < 1.29 is 0 Å². The van der Waals surface area contributed by atoms with Gasteiger partial charge in [-0.25, -0.2) is 4.98 Å². The van der Waals surface area contributed by atoms with Crippen molar-refractivity contribution in [3.05, 3.63) is 18.2 Å². The lowest BCUT2D eigenvalue weighted by molar-refractivity contribution is 0.451. The number of nitrogens with zero attached hydrogens (tertiary/aromatic N) is 2. The average Bonchev–Trinajstić information content (AvgIpc) is 2.61. The summed E-state index contributed by atoms with van der Waals surface area (Å²) in [5.74, 6) is 1.96. The summed E-state index contributed by atoms with van der Waals surface area (Å²) < 4.78 is 2.08. The highest BCUT2D eigenvalue weighted by Crippen LogP contribution is 2.06. The summed E-state index contributed by atoms with van der Waals surface area (Å²) in [6.45, 7) is 7.84. The number of hydrogen-bond donors (Lipinski definition) is 1. The van der Waals surface area contributed by atoms with Gasteiger partial charge in [-0.2, -0.15) is 0 Å². The number of hydrogen-bond acceptors (Lipinski definition) is 2. The van der Waals surface area contributed by atoms with Gasteiger partial charge in [-0.15, -0.1) is 0 Å². The summed E-state index contributed by atoms with van der Waals surface area (Å²) in [6.07, 6.45) is 7.43. The molecular weight excluding hydrogens is 198 g/mol. The molecule has 1 unspecified atom stereocenters. The van der Waals surface area contributed by atoms with E-state index in [9.17, 15) is 0 Å². The van der Waals surface area contributed by atoms with Crippen molar-refractivity contribution in [3.8, 4) is 0 Å².